The van der Waals surface area contributed by atoms with E-state index in [2.05, 4.69) is 4.98 Å². The molecule has 2 N–H and O–H groups in total. The first kappa shape index (κ1) is 12.5. The third kappa shape index (κ3) is 1.83. The van der Waals surface area contributed by atoms with Gasteiger partial charge in [0.25, 0.3) is 0 Å². The van der Waals surface area contributed by atoms with Gasteiger partial charge in [-0.3, -0.25) is 9.78 Å². The largest absolute Gasteiger partial charge is 0.369 e. The van der Waals surface area contributed by atoms with Crippen LogP contribution in [0.15, 0.2) is 30.5 Å². The van der Waals surface area contributed by atoms with E-state index in [1.54, 1.807) is 25.1 Å². The number of primary amides is 1. The minimum Gasteiger partial charge on any atom is -0.369 e. The van der Waals surface area contributed by atoms with Gasteiger partial charge in [0.15, 0.2) is 0 Å². The maximum absolute atomic E-state index is 13.5. The van der Waals surface area contributed by atoms with Crippen molar-refractivity contribution in [2.24, 2.45) is 5.73 Å². The maximum Gasteiger partial charge on any atom is 0.227 e. The fourth-order valence-corrected chi connectivity index (χ4v) is 1.95. The summed E-state index contributed by atoms with van der Waals surface area (Å²) in [6, 6.07) is 6.53. The first-order valence-corrected chi connectivity index (χ1v) is 5.83. The molecule has 0 saturated carbocycles. The Hall–Kier alpha value is -1.97. The number of pyridine rings is 1. The zero-order valence-electron chi connectivity index (χ0n) is 10.4. The molecule has 3 nitrogen and oxygen atoms in total. The van der Waals surface area contributed by atoms with Crippen LogP contribution in [0.2, 0.25) is 0 Å². The number of para-hydroxylation sites is 1. The van der Waals surface area contributed by atoms with Crippen LogP contribution in [0.4, 0.5) is 4.39 Å². The van der Waals surface area contributed by atoms with Crippen molar-refractivity contribution < 1.29 is 9.18 Å². The van der Waals surface area contributed by atoms with Crippen molar-refractivity contribution in [3.8, 4) is 0 Å². The Balaban J connectivity index is 2.64. The summed E-state index contributed by atoms with van der Waals surface area (Å²) in [6.07, 6.45) is 2.10. The van der Waals surface area contributed by atoms with Gasteiger partial charge in [0.2, 0.25) is 5.91 Å². The molecule has 2 rings (SSSR count). The monoisotopic (exact) mass is 246 g/mol. The fraction of sp³-hybridized carbons (Fsp3) is 0.286. The van der Waals surface area contributed by atoms with E-state index in [-0.39, 0.29) is 5.82 Å². The molecule has 4 heteroatoms. The van der Waals surface area contributed by atoms with E-state index in [4.69, 9.17) is 5.73 Å². The first-order valence-electron chi connectivity index (χ1n) is 5.83. The number of aromatic nitrogens is 1. The van der Waals surface area contributed by atoms with Crippen LogP contribution in [0.5, 0.6) is 0 Å². The summed E-state index contributed by atoms with van der Waals surface area (Å²) < 4.78 is 13.5. The van der Waals surface area contributed by atoms with Gasteiger partial charge in [-0.25, -0.2) is 4.39 Å². The van der Waals surface area contributed by atoms with Gasteiger partial charge in [0.1, 0.15) is 11.3 Å². The summed E-state index contributed by atoms with van der Waals surface area (Å²) in [5.74, 6) is -0.765. The van der Waals surface area contributed by atoms with Gasteiger partial charge < -0.3 is 5.73 Å². The van der Waals surface area contributed by atoms with Gasteiger partial charge in [0, 0.05) is 11.6 Å². The third-order valence-electron chi connectivity index (χ3n) is 3.55. The predicted molar refractivity (Wildman–Crippen MR) is 68.5 cm³/mol. The minimum absolute atomic E-state index is 0.309. The second kappa shape index (κ2) is 4.37. The van der Waals surface area contributed by atoms with Crippen molar-refractivity contribution >= 4 is 16.8 Å². The van der Waals surface area contributed by atoms with Crippen molar-refractivity contribution in [1.29, 1.82) is 0 Å². The lowest BCUT2D eigenvalue weighted by atomic mass is 9.80. The normalized spacial score (nSPS) is 14.4. The number of benzene rings is 1. The summed E-state index contributed by atoms with van der Waals surface area (Å²) in [5, 5.41) is 0.674. The van der Waals surface area contributed by atoms with E-state index < -0.39 is 11.3 Å². The van der Waals surface area contributed by atoms with Gasteiger partial charge in [-0.2, -0.15) is 0 Å². The average molecular weight is 246 g/mol. The van der Waals surface area contributed by atoms with E-state index in [0.717, 1.165) is 5.56 Å². The van der Waals surface area contributed by atoms with E-state index >= 15 is 0 Å². The Morgan fingerprint density at radius 3 is 2.83 bits per heavy atom. The standard InChI is InChI=1S/C14H15FN2O/c1-3-14(2,13(16)18)10-7-9-5-4-6-11(15)12(9)17-8-10/h4-8H,3H2,1-2H3,(H2,16,18). The van der Waals surface area contributed by atoms with Crippen LogP contribution in [0, 0.1) is 5.82 Å². The molecule has 1 amide bonds. The Labute approximate surface area is 105 Å². The van der Waals surface area contributed by atoms with E-state index in [9.17, 15) is 9.18 Å². The molecular weight excluding hydrogens is 231 g/mol. The van der Waals surface area contributed by atoms with Crippen LogP contribution in [0.3, 0.4) is 0 Å². The number of nitrogens with zero attached hydrogens (tertiary/aromatic N) is 1. The lowest BCUT2D eigenvalue weighted by Crippen LogP contribution is -2.37. The van der Waals surface area contributed by atoms with E-state index in [1.165, 1.54) is 12.3 Å². The average Bonchev–Trinajstić information content (AvgIpc) is 2.37. The number of amides is 1. The molecule has 1 atom stereocenters. The molecule has 0 aliphatic heterocycles. The summed E-state index contributed by atoms with van der Waals surface area (Å²) in [6.45, 7) is 3.66. The van der Waals surface area contributed by atoms with Crippen LogP contribution in [0.25, 0.3) is 10.9 Å². The topological polar surface area (TPSA) is 56.0 Å². The SMILES string of the molecule is CCC(C)(C(N)=O)c1cnc2c(F)cccc2c1. The Morgan fingerprint density at radius 1 is 1.50 bits per heavy atom. The molecule has 1 heterocycles. The second-order valence-electron chi connectivity index (χ2n) is 4.59. The summed E-state index contributed by atoms with van der Waals surface area (Å²) in [4.78, 5) is 15.7. The number of nitrogens with two attached hydrogens (primary N) is 1. The zero-order valence-corrected chi connectivity index (χ0v) is 10.4. The van der Waals surface area contributed by atoms with Crippen molar-refractivity contribution in [1.82, 2.24) is 4.98 Å². The summed E-state index contributed by atoms with van der Waals surface area (Å²) in [7, 11) is 0. The minimum atomic E-state index is -0.770. The van der Waals surface area contributed by atoms with Gasteiger partial charge in [-0.1, -0.05) is 19.1 Å². The summed E-state index contributed by atoms with van der Waals surface area (Å²) >= 11 is 0. The number of carbonyl (C=O) groups excluding carboxylic acids is 1. The smallest absolute Gasteiger partial charge is 0.227 e. The number of hydrogen-bond acceptors (Lipinski definition) is 2. The van der Waals surface area contributed by atoms with Crippen LogP contribution in [-0.4, -0.2) is 10.9 Å². The van der Waals surface area contributed by atoms with Crippen LogP contribution >= 0.6 is 0 Å². The molecule has 0 fully saturated rings. The number of fused-ring (bicyclic) bond motifs is 1. The summed E-state index contributed by atoms with van der Waals surface area (Å²) in [5.41, 5.74) is 5.70. The van der Waals surface area contributed by atoms with Crippen molar-refractivity contribution in [3.05, 3.63) is 41.8 Å². The number of halogens is 1. The fourth-order valence-electron chi connectivity index (χ4n) is 1.95. The molecule has 18 heavy (non-hydrogen) atoms. The molecule has 0 aliphatic carbocycles. The highest BCUT2D eigenvalue weighted by atomic mass is 19.1. The number of carbonyl (C=O) groups is 1. The van der Waals surface area contributed by atoms with Gasteiger partial charge in [0.05, 0.1) is 5.41 Å². The molecular formula is C14H15FN2O. The molecule has 1 aromatic carbocycles. The first-order chi connectivity index (χ1) is 8.49. The van der Waals surface area contributed by atoms with Gasteiger partial charge in [-0.05, 0) is 31.0 Å². The molecule has 94 valence electrons. The molecule has 0 aliphatic rings. The van der Waals surface area contributed by atoms with E-state index in [0.29, 0.717) is 17.3 Å². The maximum atomic E-state index is 13.5. The zero-order chi connectivity index (χ0) is 13.3. The van der Waals surface area contributed by atoms with Crippen molar-refractivity contribution in [3.63, 3.8) is 0 Å². The molecule has 0 radical (unpaired) electrons. The number of rotatable bonds is 3. The van der Waals surface area contributed by atoms with Crippen LogP contribution in [-0.2, 0) is 10.2 Å². The van der Waals surface area contributed by atoms with Gasteiger partial charge in [-0.15, -0.1) is 0 Å². The highest BCUT2D eigenvalue weighted by Crippen LogP contribution is 2.29. The third-order valence-corrected chi connectivity index (χ3v) is 3.55. The predicted octanol–water partition coefficient (Wildman–Crippen LogP) is 2.53. The molecule has 1 unspecified atom stereocenters. The Morgan fingerprint density at radius 2 is 2.22 bits per heavy atom. The quantitative estimate of drug-likeness (QED) is 0.904. The molecule has 0 saturated heterocycles. The molecule has 2 aromatic rings. The lowest BCUT2D eigenvalue weighted by Gasteiger charge is -2.24. The second-order valence-corrected chi connectivity index (χ2v) is 4.59. The van der Waals surface area contributed by atoms with E-state index in [1.807, 2.05) is 6.92 Å². The van der Waals surface area contributed by atoms with Crippen molar-refractivity contribution in [2.75, 3.05) is 0 Å². The molecule has 1 aromatic heterocycles. The highest BCUT2D eigenvalue weighted by molar-refractivity contribution is 5.88. The highest BCUT2D eigenvalue weighted by Gasteiger charge is 2.31. The van der Waals surface area contributed by atoms with Crippen LogP contribution in [0.1, 0.15) is 25.8 Å². The molecule has 0 spiro atoms. The Kier molecular flexibility index (Phi) is 3.03. The van der Waals surface area contributed by atoms with Crippen molar-refractivity contribution in [2.45, 2.75) is 25.7 Å². The number of hydrogen-bond donors (Lipinski definition) is 1. The molecule has 0 bridgehead atoms. The van der Waals surface area contributed by atoms with Crippen LogP contribution < -0.4 is 5.73 Å². The lowest BCUT2D eigenvalue weighted by molar-refractivity contribution is -0.123. The Bertz CT molecular complexity index is 612. The van der Waals surface area contributed by atoms with Gasteiger partial charge >= 0.3 is 0 Å².